The van der Waals surface area contributed by atoms with Crippen LogP contribution in [0.4, 0.5) is 0 Å². The van der Waals surface area contributed by atoms with Crippen molar-refractivity contribution in [1.29, 1.82) is 0 Å². The number of piperazine rings is 1. The van der Waals surface area contributed by atoms with Crippen molar-refractivity contribution in [2.45, 2.75) is 45.7 Å². The summed E-state index contributed by atoms with van der Waals surface area (Å²) in [5.74, 6) is 1.83. The lowest BCUT2D eigenvalue weighted by Gasteiger charge is -2.37. The summed E-state index contributed by atoms with van der Waals surface area (Å²) in [5, 5.41) is 7.08. The van der Waals surface area contributed by atoms with Crippen molar-refractivity contribution in [3.63, 3.8) is 0 Å². The van der Waals surface area contributed by atoms with Gasteiger partial charge in [0, 0.05) is 45.3 Å². The average molecular weight is 445 g/mol. The first kappa shape index (κ1) is 24.8. The van der Waals surface area contributed by atoms with E-state index in [0.29, 0.717) is 12.1 Å². The fourth-order valence-corrected chi connectivity index (χ4v) is 4.73. The third-order valence-corrected chi connectivity index (χ3v) is 6.88. The Balaban J connectivity index is 1.59. The maximum atomic E-state index is 5.36. The Bertz CT molecular complexity index is 680. The number of rotatable bonds is 10. The van der Waals surface area contributed by atoms with Crippen molar-refractivity contribution in [2.75, 3.05) is 72.6 Å². The van der Waals surface area contributed by atoms with E-state index in [-0.39, 0.29) is 0 Å². The quantitative estimate of drug-likeness (QED) is 0.427. The van der Waals surface area contributed by atoms with E-state index >= 15 is 0 Å². The van der Waals surface area contributed by atoms with Crippen molar-refractivity contribution < 1.29 is 4.74 Å². The molecule has 180 valence electrons. The van der Waals surface area contributed by atoms with Gasteiger partial charge in [0.1, 0.15) is 5.75 Å². The molecule has 2 aliphatic heterocycles. The lowest BCUT2D eigenvalue weighted by molar-refractivity contribution is 0.109. The maximum Gasteiger partial charge on any atom is 0.191 e. The molecule has 2 N–H and O–H groups in total. The van der Waals surface area contributed by atoms with E-state index in [1.165, 1.54) is 31.5 Å². The molecule has 2 fully saturated rings. The number of hydrogen-bond donors (Lipinski definition) is 2. The molecule has 2 atom stereocenters. The highest BCUT2D eigenvalue weighted by Crippen LogP contribution is 2.26. The van der Waals surface area contributed by atoms with Gasteiger partial charge in [-0.05, 0) is 64.0 Å². The average Bonchev–Trinajstić information content (AvgIpc) is 3.37. The highest BCUT2D eigenvalue weighted by atomic mass is 16.5. The van der Waals surface area contributed by atoms with Gasteiger partial charge >= 0.3 is 0 Å². The van der Waals surface area contributed by atoms with Crippen LogP contribution in [0.2, 0.25) is 0 Å². The molecule has 0 spiro atoms. The molecule has 2 saturated heterocycles. The Labute approximate surface area is 195 Å². The van der Waals surface area contributed by atoms with Crippen LogP contribution in [0.15, 0.2) is 29.3 Å². The van der Waals surface area contributed by atoms with E-state index in [9.17, 15) is 0 Å². The second-order valence-corrected chi connectivity index (χ2v) is 8.95. The Hall–Kier alpha value is -1.83. The van der Waals surface area contributed by atoms with Crippen LogP contribution < -0.4 is 15.4 Å². The van der Waals surface area contributed by atoms with E-state index in [4.69, 9.17) is 9.73 Å². The van der Waals surface area contributed by atoms with Gasteiger partial charge in [0.2, 0.25) is 0 Å². The first-order valence-corrected chi connectivity index (χ1v) is 12.5. The summed E-state index contributed by atoms with van der Waals surface area (Å²) in [5.41, 5.74) is 1.33. The van der Waals surface area contributed by atoms with Crippen LogP contribution in [0.3, 0.4) is 0 Å². The second kappa shape index (κ2) is 13.0. The standard InChI is InChI=1S/C25H44N6O/c1-5-26-25(27-19-21(3)30-17-15-29(6-2)16-18-30)28-20-24(31-13-7-8-14-31)22-9-11-23(32-4)12-10-22/h9-12,21,24H,5-8,13-20H2,1-4H3,(H2,26,27,28). The normalized spacial score (nSPS) is 20.8. The number of guanidine groups is 1. The smallest absolute Gasteiger partial charge is 0.191 e. The van der Waals surface area contributed by atoms with E-state index in [0.717, 1.165) is 64.1 Å². The van der Waals surface area contributed by atoms with Gasteiger partial charge in [-0.3, -0.25) is 14.8 Å². The van der Waals surface area contributed by atoms with Crippen LogP contribution in [-0.4, -0.2) is 99.3 Å². The van der Waals surface area contributed by atoms with Gasteiger partial charge in [-0.25, -0.2) is 0 Å². The molecule has 7 nitrogen and oxygen atoms in total. The van der Waals surface area contributed by atoms with Crippen molar-refractivity contribution >= 4 is 5.96 Å². The highest BCUT2D eigenvalue weighted by molar-refractivity contribution is 5.79. The number of nitrogens with one attached hydrogen (secondary N) is 2. The van der Waals surface area contributed by atoms with Crippen LogP contribution in [0, 0.1) is 0 Å². The molecule has 2 heterocycles. The van der Waals surface area contributed by atoms with Crippen LogP contribution in [0.25, 0.3) is 0 Å². The Morgan fingerprint density at radius 1 is 0.969 bits per heavy atom. The summed E-state index contributed by atoms with van der Waals surface area (Å²) in [6.07, 6.45) is 2.56. The molecule has 3 rings (SSSR count). The van der Waals surface area contributed by atoms with Crippen molar-refractivity contribution in [1.82, 2.24) is 25.3 Å². The molecular weight excluding hydrogens is 400 g/mol. The van der Waals surface area contributed by atoms with Crippen LogP contribution in [-0.2, 0) is 0 Å². The molecule has 0 aliphatic carbocycles. The Morgan fingerprint density at radius 2 is 1.66 bits per heavy atom. The van der Waals surface area contributed by atoms with Gasteiger partial charge in [0.25, 0.3) is 0 Å². The number of aliphatic imine (C=N–C) groups is 1. The zero-order valence-electron chi connectivity index (χ0n) is 20.6. The van der Waals surface area contributed by atoms with Gasteiger partial charge < -0.3 is 20.3 Å². The number of ether oxygens (including phenoxy) is 1. The predicted octanol–water partition coefficient (Wildman–Crippen LogP) is 2.41. The third kappa shape index (κ3) is 7.09. The number of hydrogen-bond acceptors (Lipinski definition) is 5. The molecule has 0 saturated carbocycles. The predicted molar refractivity (Wildman–Crippen MR) is 134 cm³/mol. The molecule has 1 aromatic rings. The molecule has 0 radical (unpaired) electrons. The first-order valence-electron chi connectivity index (χ1n) is 12.5. The number of nitrogens with zero attached hydrogens (tertiary/aromatic N) is 4. The summed E-state index contributed by atoms with van der Waals surface area (Å²) in [6.45, 7) is 17.3. The minimum atomic E-state index is 0.340. The summed E-state index contributed by atoms with van der Waals surface area (Å²) >= 11 is 0. The number of likely N-dealkylation sites (tertiary alicyclic amines) is 1. The van der Waals surface area contributed by atoms with E-state index in [1.54, 1.807) is 7.11 Å². The largest absolute Gasteiger partial charge is 0.497 e. The van der Waals surface area contributed by atoms with Gasteiger partial charge in [-0.1, -0.05) is 19.1 Å². The van der Waals surface area contributed by atoms with Crippen LogP contribution in [0.1, 0.15) is 45.2 Å². The van der Waals surface area contributed by atoms with Gasteiger partial charge in [0.15, 0.2) is 5.96 Å². The topological polar surface area (TPSA) is 55.4 Å². The molecule has 32 heavy (non-hydrogen) atoms. The molecule has 0 aromatic heterocycles. The number of likely N-dealkylation sites (N-methyl/N-ethyl adjacent to an activating group) is 1. The Morgan fingerprint density at radius 3 is 2.25 bits per heavy atom. The highest BCUT2D eigenvalue weighted by Gasteiger charge is 2.24. The lowest BCUT2D eigenvalue weighted by atomic mass is 10.1. The second-order valence-electron chi connectivity index (χ2n) is 8.95. The fourth-order valence-electron chi connectivity index (χ4n) is 4.73. The van der Waals surface area contributed by atoms with E-state index in [1.807, 2.05) is 0 Å². The van der Waals surface area contributed by atoms with Gasteiger partial charge in [-0.2, -0.15) is 0 Å². The summed E-state index contributed by atoms with van der Waals surface area (Å²) in [7, 11) is 1.72. The zero-order chi connectivity index (χ0) is 22.8. The van der Waals surface area contributed by atoms with Crippen molar-refractivity contribution in [3.05, 3.63) is 29.8 Å². The van der Waals surface area contributed by atoms with E-state index < -0.39 is 0 Å². The lowest BCUT2D eigenvalue weighted by Crippen LogP contribution is -2.50. The summed E-state index contributed by atoms with van der Waals surface area (Å²) in [4.78, 5) is 12.6. The molecule has 1 aromatic carbocycles. The fraction of sp³-hybridized carbons (Fsp3) is 0.720. The van der Waals surface area contributed by atoms with Gasteiger partial charge in [-0.15, -0.1) is 0 Å². The minimum absolute atomic E-state index is 0.340. The maximum absolute atomic E-state index is 5.36. The Kier molecular flexibility index (Phi) is 10.1. The molecular formula is C25H44N6O. The van der Waals surface area contributed by atoms with Gasteiger partial charge in [0.05, 0.1) is 19.7 Å². The van der Waals surface area contributed by atoms with Crippen molar-refractivity contribution in [2.24, 2.45) is 4.99 Å². The van der Waals surface area contributed by atoms with Crippen LogP contribution >= 0.6 is 0 Å². The number of benzene rings is 1. The molecule has 0 bridgehead atoms. The SMILES string of the molecule is CCNC(=NCC(C)N1CCN(CC)CC1)NCC(c1ccc(OC)cc1)N1CCCC1. The van der Waals surface area contributed by atoms with Crippen LogP contribution in [0.5, 0.6) is 5.75 Å². The van der Waals surface area contributed by atoms with E-state index in [2.05, 4.69) is 70.4 Å². The monoisotopic (exact) mass is 444 g/mol. The molecule has 2 unspecified atom stereocenters. The molecule has 2 aliphatic rings. The van der Waals surface area contributed by atoms with Crippen molar-refractivity contribution in [3.8, 4) is 5.75 Å². The summed E-state index contributed by atoms with van der Waals surface area (Å²) < 4.78 is 5.36. The molecule has 0 amide bonds. The summed E-state index contributed by atoms with van der Waals surface area (Å²) in [6, 6.07) is 9.33. The first-order chi connectivity index (χ1) is 15.6. The third-order valence-electron chi connectivity index (χ3n) is 6.88. The minimum Gasteiger partial charge on any atom is -0.497 e. The number of methoxy groups -OCH3 is 1. The molecule has 7 heteroatoms. The zero-order valence-corrected chi connectivity index (χ0v) is 20.6.